The van der Waals surface area contributed by atoms with E-state index in [0.29, 0.717) is 6.54 Å². The fraction of sp³-hybridized carbons (Fsp3) is 0.500. The quantitative estimate of drug-likeness (QED) is 0.713. The molecule has 0 unspecified atom stereocenters. The Hall–Kier alpha value is -1.26. The van der Waals surface area contributed by atoms with E-state index in [1.165, 1.54) is 18.5 Å². The molecule has 1 aromatic rings. The second-order valence-corrected chi connectivity index (χ2v) is 3.32. The monoisotopic (exact) mass is 219 g/mol. The van der Waals surface area contributed by atoms with Crippen LogP contribution in [0.5, 0.6) is 0 Å². The average Bonchev–Trinajstić information content (AvgIpc) is 2.60. The van der Waals surface area contributed by atoms with Gasteiger partial charge >= 0.3 is 6.18 Å². The highest BCUT2D eigenvalue weighted by atomic mass is 19.4. The zero-order valence-electron chi connectivity index (χ0n) is 8.34. The maximum Gasteiger partial charge on any atom is 0.454 e. The zero-order valence-corrected chi connectivity index (χ0v) is 8.34. The number of unbranched alkanes of at least 4 members (excludes halogenated alkanes) is 1. The minimum atomic E-state index is -4.78. The van der Waals surface area contributed by atoms with Gasteiger partial charge in [0.15, 0.2) is 0 Å². The Morgan fingerprint density at radius 3 is 2.67 bits per heavy atom. The van der Waals surface area contributed by atoms with Crippen molar-refractivity contribution in [2.75, 3.05) is 0 Å². The molecule has 1 aromatic heterocycles. The summed E-state index contributed by atoms with van der Waals surface area (Å²) < 4.78 is 37.7. The Morgan fingerprint density at radius 2 is 2.13 bits per heavy atom. The normalized spacial score (nSPS) is 11.7. The molecule has 15 heavy (non-hydrogen) atoms. The summed E-state index contributed by atoms with van der Waals surface area (Å²) in [4.78, 5) is 10.8. The van der Waals surface area contributed by atoms with Gasteiger partial charge in [0.05, 0.1) is 0 Å². The minimum absolute atomic E-state index is 0.293. The van der Waals surface area contributed by atoms with Crippen LogP contribution in [0.15, 0.2) is 18.5 Å². The van der Waals surface area contributed by atoms with Gasteiger partial charge < -0.3 is 4.57 Å². The lowest BCUT2D eigenvalue weighted by atomic mass is 10.2. The third-order valence-electron chi connectivity index (χ3n) is 2.04. The predicted molar refractivity (Wildman–Crippen MR) is 49.7 cm³/mol. The first-order valence-corrected chi connectivity index (χ1v) is 4.72. The fourth-order valence-corrected chi connectivity index (χ4v) is 1.22. The average molecular weight is 219 g/mol. The summed E-state index contributed by atoms with van der Waals surface area (Å²) >= 11 is 0. The Labute approximate surface area is 85.7 Å². The van der Waals surface area contributed by atoms with Crippen LogP contribution in [0.1, 0.15) is 30.1 Å². The molecular weight excluding hydrogens is 207 g/mol. The van der Waals surface area contributed by atoms with Crippen LogP contribution in [0, 0.1) is 0 Å². The van der Waals surface area contributed by atoms with E-state index in [0.717, 1.165) is 12.8 Å². The first-order valence-electron chi connectivity index (χ1n) is 4.72. The Kier molecular flexibility index (Phi) is 3.55. The van der Waals surface area contributed by atoms with Gasteiger partial charge in [-0.2, -0.15) is 13.2 Å². The number of Topliss-reactive ketones (excluding diaryl/α,β-unsaturated/α-hetero) is 1. The van der Waals surface area contributed by atoms with Gasteiger partial charge in [-0.25, -0.2) is 0 Å². The van der Waals surface area contributed by atoms with Crippen LogP contribution < -0.4 is 0 Å². The van der Waals surface area contributed by atoms with E-state index in [9.17, 15) is 18.0 Å². The highest BCUT2D eigenvalue weighted by Crippen LogP contribution is 2.21. The summed E-state index contributed by atoms with van der Waals surface area (Å²) in [6.45, 7) is 2.63. The Bertz CT molecular complexity index is 341. The van der Waals surface area contributed by atoms with Crippen LogP contribution in [0.25, 0.3) is 0 Å². The van der Waals surface area contributed by atoms with E-state index in [2.05, 4.69) is 0 Å². The van der Waals surface area contributed by atoms with Crippen LogP contribution in [-0.4, -0.2) is 16.5 Å². The van der Waals surface area contributed by atoms with Crippen molar-refractivity contribution in [2.45, 2.75) is 32.5 Å². The molecule has 0 saturated carbocycles. The fourth-order valence-electron chi connectivity index (χ4n) is 1.22. The summed E-state index contributed by atoms with van der Waals surface area (Å²) in [7, 11) is 0. The number of nitrogens with zero attached hydrogens (tertiary/aromatic N) is 1. The highest BCUT2D eigenvalue weighted by Gasteiger charge is 2.39. The van der Waals surface area contributed by atoms with E-state index in [-0.39, 0.29) is 5.56 Å². The third-order valence-corrected chi connectivity index (χ3v) is 2.04. The number of halogens is 3. The van der Waals surface area contributed by atoms with Crippen LogP contribution in [0.4, 0.5) is 13.2 Å². The van der Waals surface area contributed by atoms with Gasteiger partial charge in [0.1, 0.15) is 0 Å². The molecule has 0 spiro atoms. The van der Waals surface area contributed by atoms with Crippen molar-refractivity contribution in [3.05, 3.63) is 24.0 Å². The molecule has 0 aliphatic heterocycles. The van der Waals surface area contributed by atoms with Crippen molar-refractivity contribution < 1.29 is 18.0 Å². The molecule has 1 heterocycles. The van der Waals surface area contributed by atoms with Crippen molar-refractivity contribution in [1.29, 1.82) is 0 Å². The van der Waals surface area contributed by atoms with Gasteiger partial charge in [-0.1, -0.05) is 13.3 Å². The van der Waals surface area contributed by atoms with Gasteiger partial charge in [0.25, 0.3) is 5.78 Å². The lowest BCUT2D eigenvalue weighted by molar-refractivity contribution is -0.0885. The lowest BCUT2D eigenvalue weighted by Crippen LogP contribution is -2.22. The van der Waals surface area contributed by atoms with E-state index in [1.54, 1.807) is 4.57 Å². The molecule has 0 bridgehead atoms. The smallest absolute Gasteiger partial charge is 0.354 e. The van der Waals surface area contributed by atoms with Crippen LogP contribution in [-0.2, 0) is 6.54 Å². The molecule has 0 saturated heterocycles. The van der Waals surface area contributed by atoms with Gasteiger partial charge in [-0.3, -0.25) is 4.79 Å². The number of rotatable bonds is 4. The minimum Gasteiger partial charge on any atom is -0.354 e. The van der Waals surface area contributed by atoms with E-state index in [1.807, 2.05) is 6.92 Å². The second-order valence-electron chi connectivity index (χ2n) is 3.32. The molecule has 0 N–H and O–H groups in total. The molecule has 0 aliphatic carbocycles. The molecule has 1 rings (SSSR count). The summed E-state index contributed by atoms with van der Waals surface area (Å²) in [5.74, 6) is -1.78. The van der Waals surface area contributed by atoms with E-state index in [4.69, 9.17) is 0 Å². The number of alkyl halides is 3. The number of aromatic nitrogens is 1. The van der Waals surface area contributed by atoms with Gasteiger partial charge in [0.2, 0.25) is 0 Å². The van der Waals surface area contributed by atoms with E-state index < -0.39 is 12.0 Å². The zero-order chi connectivity index (χ0) is 11.5. The van der Waals surface area contributed by atoms with Crippen molar-refractivity contribution in [1.82, 2.24) is 4.57 Å². The summed E-state index contributed by atoms with van der Waals surface area (Å²) in [6, 6.07) is 1.20. The van der Waals surface area contributed by atoms with Crippen molar-refractivity contribution in [3.8, 4) is 0 Å². The number of aryl methyl sites for hydroxylation is 1. The van der Waals surface area contributed by atoms with E-state index >= 15 is 0 Å². The first-order chi connectivity index (χ1) is 6.95. The standard InChI is InChI=1S/C10H12F3NO/c1-2-3-5-14-6-4-8(7-14)9(15)10(11,12)13/h4,6-7H,2-3,5H2,1H3. The Balaban J connectivity index is 2.72. The molecule has 0 fully saturated rings. The molecule has 0 atom stereocenters. The highest BCUT2D eigenvalue weighted by molar-refractivity contribution is 6.00. The van der Waals surface area contributed by atoms with Crippen LogP contribution in [0.3, 0.4) is 0 Å². The molecule has 84 valence electrons. The largest absolute Gasteiger partial charge is 0.454 e. The SMILES string of the molecule is CCCCn1ccc(C(=O)C(F)(F)F)c1. The number of carbonyl (C=O) groups is 1. The number of hydrogen-bond donors (Lipinski definition) is 0. The molecule has 0 radical (unpaired) electrons. The summed E-state index contributed by atoms with van der Waals surface area (Å²) in [5, 5.41) is 0. The second kappa shape index (κ2) is 4.51. The van der Waals surface area contributed by atoms with Crippen molar-refractivity contribution in [2.24, 2.45) is 0 Å². The summed E-state index contributed by atoms with van der Waals surface area (Å²) in [6.07, 6.45) is -0.202. The number of hydrogen-bond acceptors (Lipinski definition) is 1. The first kappa shape index (κ1) is 11.8. The number of ketones is 1. The van der Waals surface area contributed by atoms with Gasteiger partial charge in [0, 0.05) is 24.5 Å². The summed E-state index contributed by atoms with van der Waals surface area (Å²) in [5.41, 5.74) is -0.293. The molecule has 5 heteroatoms. The van der Waals surface area contributed by atoms with Crippen molar-refractivity contribution >= 4 is 5.78 Å². The maximum absolute atomic E-state index is 12.0. The van der Waals surface area contributed by atoms with Gasteiger partial charge in [-0.05, 0) is 12.5 Å². The predicted octanol–water partition coefficient (Wildman–Crippen LogP) is 3.03. The molecule has 0 amide bonds. The maximum atomic E-state index is 12.0. The lowest BCUT2D eigenvalue weighted by Gasteiger charge is -2.02. The van der Waals surface area contributed by atoms with Crippen molar-refractivity contribution in [3.63, 3.8) is 0 Å². The van der Waals surface area contributed by atoms with Gasteiger partial charge in [-0.15, -0.1) is 0 Å². The molecule has 0 aromatic carbocycles. The molecule has 2 nitrogen and oxygen atoms in total. The molecule has 0 aliphatic rings. The third kappa shape index (κ3) is 3.11. The van der Waals surface area contributed by atoms with Crippen LogP contribution in [0.2, 0.25) is 0 Å². The topological polar surface area (TPSA) is 22.0 Å². The number of carbonyl (C=O) groups excluding carboxylic acids is 1. The van der Waals surface area contributed by atoms with Crippen LogP contribution >= 0.6 is 0 Å². The molecular formula is C10H12F3NO. The Morgan fingerprint density at radius 1 is 1.47 bits per heavy atom.